The molecule has 0 bridgehead atoms. The van der Waals surface area contributed by atoms with Crippen LogP contribution in [0.5, 0.6) is 0 Å². The van der Waals surface area contributed by atoms with Gasteiger partial charge in [0, 0.05) is 16.0 Å². The monoisotopic (exact) mass is 285 g/mol. The van der Waals surface area contributed by atoms with E-state index in [1.807, 2.05) is 11.8 Å². The third-order valence-electron chi connectivity index (χ3n) is 3.05. The number of ether oxygens (including phenoxy) is 1. The van der Waals surface area contributed by atoms with Gasteiger partial charge in [0.1, 0.15) is 0 Å². The van der Waals surface area contributed by atoms with Crippen molar-refractivity contribution in [2.24, 2.45) is 0 Å². The van der Waals surface area contributed by atoms with Crippen LogP contribution in [0.3, 0.4) is 0 Å². The average molecular weight is 286 g/mol. The second kappa shape index (κ2) is 6.80. The van der Waals surface area contributed by atoms with E-state index in [1.165, 1.54) is 10.5 Å². The number of rotatable bonds is 6. The zero-order valence-electron chi connectivity index (χ0n) is 10.9. The van der Waals surface area contributed by atoms with Crippen LogP contribution in [0.15, 0.2) is 23.1 Å². The van der Waals surface area contributed by atoms with Crippen molar-refractivity contribution < 1.29 is 4.74 Å². The van der Waals surface area contributed by atoms with Crippen LogP contribution in [0, 0.1) is 0 Å². The Balaban J connectivity index is 1.99. The average Bonchev–Trinajstić information content (AvgIpc) is 2.31. The molecule has 2 rings (SSSR count). The summed E-state index contributed by atoms with van der Waals surface area (Å²) in [6, 6.07) is 6.68. The van der Waals surface area contributed by atoms with Gasteiger partial charge in [-0.1, -0.05) is 24.6 Å². The molecule has 0 aromatic heterocycles. The van der Waals surface area contributed by atoms with Crippen molar-refractivity contribution in [3.05, 3.63) is 28.8 Å². The highest BCUT2D eigenvalue weighted by molar-refractivity contribution is 8.00. The predicted octanol–water partition coefficient (Wildman–Crippen LogP) is 3.89. The summed E-state index contributed by atoms with van der Waals surface area (Å²) in [4.78, 5) is 1.24. The number of thioether (sulfide) groups is 1. The van der Waals surface area contributed by atoms with Crippen molar-refractivity contribution in [2.75, 3.05) is 19.8 Å². The number of hydrogen-bond acceptors (Lipinski definition) is 3. The molecule has 0 saturated carbocycles. The normalized spacial score (nSPS) is 17.5. The van der Waals surface area contributed by atoms with Crippen LogP contribution >= 0.6 is 23.4 Å². The highest BCUT2D eigenvalue weighted by Crippen LogP contribution is 2.32. The van der Waals surface area contributed by atoms with Crippen LogP contribution in [0.25, 0.3) is 0 Å². The number of nitrogens with one attached hydrogen (secondary N) is 1. The zero-order valence-corrected chi connectivity index (χ0v) is 12.5. The van der Waals surface area contributed by atoms with Crippen molar-refractivity contribution in [3.63, 3.8) is 0 Å². The van der Waals surface area contributed by atoms with E-state index in [0.29, 0.717) is 11.3 Å². The van der Waals surface area contributed by atoms with E-state index in [-0.39, 0.29) is 0 Å². The molecule has 2 nitrogen and oxygen atoms in total. The Morgan fingerprint density at radius 2 is 2.28 bits per heavy atom. The van der Waals surface area contributed by atoms with E-state index in [9.17, 15) is 0 Å². The predicted molar refractivity (Wildman–Crippen MR) is 78.6 cm³/mol. The summed E-state index contributed by atoms with van der Waals surface area (Å²) < 4.78 is 5.18. The molecule has 1 aliphatic rings. The quantitative estimate of drug-likeness (QED) is 0.857. The second-order valence-corrected chi connectivity index (χ2v) is 6.42. The molecule has 1 saturated heterocycles. The first-order chi connectivity index (χ1) is 8.70. The van der Waals surface area contributed by atoms with Gasteiger partial charge in [0.2, 0.25) is 0 Å². The van der Waals surface area contributed by atoms with Crippen LogP contribution in [0.4, 0.5) is 0 Å². The van der Waals surface area contributed by atoms with Gasteiger partial charge in [-0.3, -0.25) is 0 Å². The molecule has 1 unspecified atom stereocenters. The molecule has 1 aromatic rings. The summed E-state index contributed by atoms with van der Waals surface area (Å²) in [5, 5.41) is 4.92. The molecule has 0 spiro atoms. The molecule has 0 amide bonds. The minimum absolute atomic E-state index is 0.309. The highest BCUT2D eigenvalue weighted by atomic mass is 35.5. The van der Waals surface area contributed by atoms with Crippen LogP contribution in [0.2, 0.25) is 5.02 Å². The van der Waals surface area contributed by atoms with Crippen LogP contribution in [0.1, 0.15) is 31.9 Å². The molecule has 1 heterocycles. The van der Waals surface area contributed by atoms with Gasteiger partial charge < -0.3 is 10.1 Å². The minimum Gasteiger partial charge on any atom is -0.379 e. The summed E-state index contributed by atoms with van der Waals surface area (Å²) in [6.07, 6.45) is 1.14. The molecular formula is C14H20ClNOS. The smallest absolute Gasteiger partial charge is 0.0611 e. The molecule has 100 valence electrons. The fourth-order valence-corrected chi connectivity index (χ4v) is 3.33. The van der Waals surface area contributed by atoms with Crippen molar-refractivity contribution in [1.29, 1.82) is 0 Å². The summed E-state index contributed by atoms with van der Waals surface area (Å²) >= 11 is 8.22. The Morgan fingerprint density at radius 3 is 2.83 bits per heavy atom. The summed E-state index contributed by atoms with van der Waals surface area (Å²) in [5.41, 5.74) is 1.18. The third-order valence-corrected chi connectivity index (χ3v) is 4.51. The van der Waals surface area contributed by atoms with Crippen LogP contribution < -0.4 is 5.32 Å². The van der Waals surface area contributed by atoms with E-state index in [2.05, 4.69) is 37.4 Å². The number of hydrogen-bond donors (Lipinski definition) is 1. The van der Waals surface area contributed by atoms with Gasteiger partial charge in [-0.2, -0.15) is 0 Å². The molecule has 0 aliphatic carbocycles. The standard InChI is InChI=1S/C14H20ClNOS/c1-3-6-16-10(2)13-5-4-11(7-14(13)15)18-12-8-17-9-12/h4-5,7,10,12,16H,3,6,8-9H2,1-2H3. The van der Waals surface area contributed by atoms with Crippen LogP contribution in [-0.2, 0) is 4.74 Å². The molecule has 1 aromatic carbocycles. The zero-order chi connectivity index (χ0) is 13.0. The van der Waals surface area contributed by atoms with E-state index in [0.717, 1.165) is 31.2 Å². The van der Waals surface area contributed by atoms with Gasteiger partial charge in [0.15, 0.2) is 0 Å². The molecule has 1 N–H and O–H groups in total. The maximum absolute atomic E-state index is 6.36. The lowest BCUT2D eigenvalue weighted by Gasteiger charge is -2.25. The number of benzene rings is 1. The molecule has 1 aliphatic heterocycles. The Bertz CT molecular complexity index is 395. The molecule has 0 radical (unpaired) electrons. The molecule has 1 fully saturated rings. The first kappa shape index (κ1) is 14.2. The van der Waals surface area contributed by atoms with E-state index in [4.69, 9.17) is 16.3 Å². The summed E-state index contributed by atoms with van der Waals surface area (Å²) in [7, 11) is 0. The molecule has 4 heteroatoms. The van der Waals surface area contributed by atoms with Crippen LogP contribution in [-0.4, -0.2) is 25.0 Å². The van der Waals surface area contributed by atoms with Crippen molar-refractivity contribution in [3.8, 4) is 0 Å². The lowest BCUT2D eigenvalue weighted by Crippen LogP contribution is -2.30. The van der Waals surface area contributed by atoms with Gasteiger partial charge in [0.05, 0.1) is 18.5 Å². The lowest BCUT2D eigenvalue weighted by atomic mass is 10.1. The van der Waals surface area contributed by atoms with Gasteiger partial charge in [-0.15, -0.1) is 11.8 Å². The molecule has 18 heavy (non-hydrogen) atoms. The van der Waals surface area contributed by atoms with Gasteiger partial charge >= 0.3 is 0 Å². The van der Waals surface area contributed by atoms with E-state index >= 15 is 0 Å². The van der Waals surface area contributed by atoms with Gasteiger partial charge in [0.25, 0.3) is 0 Å². The summed E-state index contributed by atoms with van der Waals surface area (Å²) in [6.45, 7) is 7.07. The fourth-order valence-electron chi connectivity index (χ4n) is 1.88. The SMILES string of the molecule is CCCNC(C)c1ccc(SC2COC2)cc1Cl. The van der Waals surface area contributed by atoms with Crippen molar-refractivity contribution >= 4 is 23.4 Å². The fraction of sp³-hybridized carbons (Fsp3) is 0.571. The van der Waals surface area contributed by atoms with E-state index < -0.39 is 0 Å². The Morgan fingerprint density at radius 1 is 1.50 bits per heavy atom. The van der Waals surface area contributed by atoms with Crippen molar-refractivity contribution in [1.82, 2.24) is 5.32 Å². The van der Waals surface area contributed by atoms with Crippen molar-refractivity contribution in [2.45, 2.75) is 36.5 Å². The Hall–Kier alpha value is -0.220. The van der Waals surface area contributed by atoms with Gasteiger partial charge in [-0.25, -0.2) is 0 Å². The second-order valence-electron chi connectivity index (χ2n) is 4.64. The van der Waals surface area contributed by atoms with E-state index in [1.54, 1.807) is 0 Å². The highest BCUT2D eigenvalue weighted by Gasteiger charge is 2.20. The largest absolute Gasteiger partial charge is 0.379 e. The molecule has 1 atom stereocenters. The lowest BCUT2D eigenvalue weighted by molar-refractivity contribution is 0.0455. The van der Waals surface area contributed by atoms with Gasteiger partial charge in [-0.05, 0) is 37.6 Å². The maximum Gasteiger partial charge on any atom is 0.0611 e. The third kappa shape index (κ3) is 3.64. The Kier molecular flexibility index (Phi) is 5.37. The topological polar surface area (TPSA) is 21.3 Å². The molecular weight excluding hydrogens is 266 g/mol. The summed E-state index contributed by atoms with van der Waals surface area (Å²) in [5.74, 6) is 0. The minimum atomic E-state index is 0.309. The maximum atomic E-state index is 6.36. The first-order valence-electron chi connectivity index (χ1n) is 6.48. The first-order valence-corrected chi connectivity index (χ1v) is 7.73. The number of halogens is 1. The Labute approximate surface area is 118 Å².